The van der Waals surface area contributed by atoms with Crippen LogP contribution in [0.25, 0.3) is 0 Å². The lowest BCUT2D eigenvalue weighted by Gasteiger charge is -2.29. The van der Waals surface area contributed by atoms with E-state index in [1.54, 1.807) is 18.2 Å². The molecule has 1 fully saturated rings. The average Bonchev–Trinajstić information content (AvgIpc) is 2.70. The molecule has 1 atom stereocenters. The van der Waals surface area contributed by atoms with Crippen molar-refractivity contribution in [1.29, 1.82) is 0 Å². The van der Waals surface area contributed by atoms with Gasteiger partial charge in [-0.3, -0.25) is 9.69 Å². The molecule has 0 saturated carbocycles. The maximum absolute atomic E-state index is 14.2. The Morgan fingerprint density at radius 3 is 2.59 bits per heavy atom. The number of hydrogen-bond acceptors (Lipinski definition) is 4. The summed E-state index contributed by atoms with van der Waals surface area (Å²) >= 11 is 0. The van der Waals surface area contributed by atoms with Gasteiger partial charge in [0.15, 0.2) is 0 Å². The van der Waals surface area contributed by atoms with E-state index < -0.39 is 17.6 Å². The molecule has 1 heterocycles. The third kappa shape index (κ3) is 6.24. The van der Waals surface area contributed by atoms with Crippen molar-refractivity contribution in [2.45, 2.75) is 12.8 Å². The van der Waals surface area contributed by atoms with Crippen molar-refractivity contribution in [3.05, 3.63) is 71.3 Å². The summed E-state index contributed by atoms with van der Waals surface area (Å²) in [6.07, 6.45) is 1.52. The Morgan fingerprint density at radius 1 is 1.17 bits per heavy atom. The molecule has 1 N–H and O–H groups in total. The molecule has 0 unspecified atom stereocenters. The molecule has 1 saturated heterocycles. The Balaban J connectivity index is 0.00000300. The second kappa shape index (κ2) is 10.9. The van der Waals surface area contributed by atoms with Crippen molar-refractivity contribution in [3.63, 3.8) is 0 Å². The third-order valence-corrected chi connectivity index (χ3v) is 4.76. The van der Waals surface area contributed by atoms with E-state index in [0.717, 1.165) is 13.0 Å². The number of likely N-dealkylation sites (tertiary alicyclic amines) is 1. The smallest absolute Gasteiger partial charge is 0.307 e. The number of aliphatic carboxylic acids is 1. The lowest BCUT2D eigenvalue weighted by atomic mass is 9.98. The number of oxime groups is 1. The van der Waals surface area contributed by atoms with Gasteiger partial charge in [-0.2, -0.15) is 0 Å². The number of carboxylic acids is 1. The zero-order valence-corrected chi connectivity index (χ0v) is 16.6. The first-order chi connectivity index (χ1) is 13.5. The minimum atomic E-state index is -0.776. The van der Waals surface area contributed by atoms with Gasteiger partial charge < -0.3 is 9.94 Å². The van der Waals surface area contributed by atoms with Gasteiger partial charge in [0, 0.05) is 24.2 Å². The minimum absolute atomic E-state index is 0. The maximum atomic E-state index is 14.2. The van der Waals surface area contributed by atoms with Crippen LogP contribution in [0.15, 0.2) is 53.7 Å². The van der Waals surface area contributed by atoms with E-state index in [0.29, 0.717) is 25.1 Å². The maximum Gasteiger partial charge on any atom is 0.307 e. The molecule has 1 aliphatic heterocycles. The Bertz CT molecular complexity index is 846. The van der Waals surface area contributed by atoms with Crippen LogP contribution in [0.4, 0.5) is 8.78 Å². The molecule has 29 heavy (non-hydrogen) atoms. The van der Waals surface area contributed by atoms with Crippen LogP contribution in [0.2, 0.25) is 0 Å². The lowest BCUT2D eigenvalue weighted by Crippen LogP contribution is -2.40. The van der Waals surface area contributed by atoms with E-state index in [9.17, 15) is 13.6 Å². The summed E-state index contributed by atoms with van der Waals surface area (Å²) in [5.74, 6) is -1.97. The first-order valence-corrected chi connectivity index (χ1v) is 9.20. The Hall–Kier alpha value is -2.51. The van der Waals surface area contributed by atoms with Crippen molar-refractivity contribution in [2.24, 2.45) is 11.1 Å². The summed E-state index contributed by atoms with van der Waals surface area (Å²) in [4.78, 5) is 18.6. The van der Waals surface area contributed by atoms with E-state index >= 15 is 0 Å². The minimum Gasteiger partial charge on any atom is -0.481 e. The molecule has 0 aliphatic carbocycles. The van der Waals surface area contributed by atoms with Gasteiger partial charge in [-0.1, -0.05) is 17.3 Å². The van der Waals surface area contributed by atoms with Gasteiger partial charge in [0.05, 0.1) is 5.92 Å². The Morgan fingerprint density at radius 2 is 1.90 bits per heavy atom. The molecule has 3 rings (SSSR count). The Kier molecular flexibility index (Phi) is 8.54. The van der Waals surface area contributed by atoms with Gasteiger partial charge in [0.25, 0.3) is 0 Å². The van der Waals surface area contributed by atoms with Crippen LogP contribution in [0.3, 0.4) is 0 Å². The van der Waals surface area contributed by atoms with Gasteiger partial charge >= 0.3 is 5.97 Å². The molecule has 156 valence electrons. The lowest BCUT2D eigenvalue weighted by molar-refractivity contribution is -0.143. The van der Waals surface area contributed by atoms with E-state index in [-0.39, 0.29) is 36.2 Å². The van der Waals surface area contributed by atoms with E-state index in [1.807, 2.05) is 4.90 Å². The first-order valence-electron chi connectivity index (χ1n) is 9.20. The highest BCUT2D eigenvalue weighted by Crippen LogP contribution is 2.17. The summed E-state index contributed by atoms with van der Waals surface area (Å²) in [7, 11) is 0. The third-order valence-electron chi connectivity index (χ3n) is 4.76. The topological polar surface area (TPSA) is 62.1 Å². The fourth-order valence-electron chi connectivity index (χ4n) is 3.26. The van der Waals surface area contributed by atoms with E-state index in [4.69, 9.17) is 9.94 Å². The number of piperidine rings is 1. The SMILES string of the molecule is Cl.O=C(O)[C@@H]1CCCN(CCO/N=C(/c2ccc(F)cc2)c2ccccc2F)C1. The molecule has 0 aromatic heterocycles. The quantitative estimate of drug-likeness (QED) is 0.415. The van der Waals surface area contributed by atoms with Gasteiger partial charge in [0.1, 0.15) is 24.0 Å². The molecular weight excluding hydrogens is 402 g/mol. The zero-order chi connectivity index (χ0) is 19.9. The van der Waals surface area contributed by atoms with Crippen molar-refractivity contribution < 1.29 is 23.5 Å². The number of hydrogen-bond donors (Lipinski definition) is 1. The predicted molar refractivity (Wildman–Crippen MR) is 108 cm³/mol. The largest absolute Gasteiger partial charge is 0.481 e. The number of carboxylic acid groups (broad SMARTS) is 1. The van der Waals surface area contributed by atoms with Crippen molar-refractivity contribution in [3.8, 4) is 0 Å². The summed E-state index contributed by atoms with van der Waals surface area (Å²) in [5.41, 5.74) is 1.08. The van der Waals surface area contributed by atoms with Gasteiger partial charge in [-0.15, -0.1) is 12.4 Å². The molecule has 2 aromatic rings. The fourth-order valence-corrected chi connectivity index (χ4v) is 3.26. The molecule has 8 heteroatoms. The van der Waals surface area contributed by atoms with Crippen LogP contribution in [0.5, 0.6) is 0 Å². The molecule has 0 radical (unpaired) electrons. The summed E-state index contributed by atoms with van der Waals surface area (Å²) in [6.45, 7) is 2.07. The fraction of sp³-hybridized carbons (Fsp3) is 0.333. The van der Waals surface area contributed by atoms with Crippen LogP contribution in [0.1, 0.15) is 24.0 Å². The summed E-state index contributed by atoms with van der Waals surface area (Å²) in [5, 5.41) is 13.3. The van der Waals surface area contributed by atoms with Gasteiger partial charge in [-0.25, -0.2) is 8.78 Å². The zero-order valence-electron chi connectivity index (χ0n) is 15.8. The van der Waals surface area contributed by atoms with Crippen molar-refractivity contribution in [2.75, 3.05) is 26.2 Å². The molecule has 2 aromatic carbocycles. The number of halogens is 3. The van der Waals surface area contributed by atoms with E-state index in [1.165, 1.54) is 30.3 Å². The second-order valence-corrected chi connectivity index (χ2v) is 6.74. The van der Waals surface area contributed by atoms with Crippen LogP contribution >= 0.6 is 12.4 Å². The first kappa shape index (κ1) is 22.8. The molecule has 0 amide bonds. The highest BCUT2D eigenvalue weighted by molar-refractivity contribution is 6.12. The standard InChI is InChI=1S/C21H22F2N2O3.ClH/c22-17-9-7-15(8-10-17)20(18-5-1-2-6-19(18)23)24-28-13-12-25-11-3-4-16(14-25)21(26)27;/h1-2,5-10,16H,3-4,11-14H2,(H,26,27);1H/b24-20-;/t16-;/m1./s1. The van der Waals surface area contributed by atoms with Gasteiger partial charge in [-0.05, 0) is 55.8 Å². The number of benzene rings is 2. The molecule has 5 nitrogen and oxygen atoms in total. The van der Waals surface area contributed by atoms with Crippen LogP contribution in [-0.2, 0) is 9.63 Å². The monoisotopic (exact) mass is 424 g/mol. The number of carbonyl (C=O) groups is 1. The number of rotatable bonds is 7. The molecule has 0 bridgehead atoms. The summed E-state index contributed by atoms with van der Waals surface area (Å²) < 4.78 is 27.5. The molecular formula is C21H23ClF2N2O3. The van der Waals surface area contributed by atoms with E-state index in [2.05, 4.69) is 5.16 Å². The highest BCUT2D eigenvalue weighted by atomic mass is 35.5. The number of nitrogens with zero attached hydrogens (tertiary/aromatic N) is 2. The van der Waals surface area contributed by atoms with Gasteiger partial charge in [0.2, 0.25) is 0 Å². The van der Waals surface area contributed by atoms with Crippen LogP contribution < -0.4 is 0 Å². The average molecular weight is 425 g/mol. The van der Waals surface area contributed by atoms with Crippen LogP contribution in [0, 0.1) is 17.6 Å². The molecule has 0 spiro atoms. The van der Waals surface area contributed by atoms with Crippen molar-refractivity contribution in [1.82, 2.24) is 4.90 Å². The highest BCUT2D eigenvalue weighted by Gasteiger charge is 2.25. The molecule has 1 aliphatic rings. The van der Waals surface area contributed by atoms with Crippen LogP contribution in [-0.4, -0.2) is 47.9 Å². The Labute approximate surface area is 174 Å². The predicted octanol–water partition coefficient (Wildman–Crippen LogP) is 3.95. The van der Waals surface area contributed by atoms with Crippen molar-refractivity contribution >= 4 is 24.1 Å². The second-order valence-electron chi connectivity index (χ2n) is 6.74. The normalized spacial score (nSPS) is 17.4. The summed E-state index contributed by atoms with van der Waals surface area (Å²) in [6, 6.07) is 11.8.